The Kier molecular flexibility index (Phi) is 6.39. The first-order chi connectivity index (χ1) is 12.7. The maximum absolute atomic E-state index is 12.2. The predicted octanol–water partition coefficient (Wildman–Crippen LogP) is 4.57. The van der Waals surface area contributed by atoms with E-state index in [2.05, 4.69) is 27.8 Å². The smallest absolute Gasteiger partial charge is 0.226 e. The van der Waals surface area contributed by atoms with Gasteiger partial charge in [-0.2, -0.15) is 0 Å². The molecule has 1 aromatic heterocycles. The predicted molar refractivity (Wildman–Crippen MR) is 108 cm³/mol. The van der Waals surface area contributed by atoms with Crippen molar-refractivity contribution in [1.82, 2.24) is 10.3 Å². The Balaban J connectivity index is 1.44. The van der Waals surface area contributed by atoms with Gasteiger partial charge in [-0.05, 0) is 37.5 Å². The fraction of sp³-hybridized carbons (Fsp3) is 0.238. The van der Waals surface area contributed by atoms with E-state index < -0.39 is 0 Å². The summed E-state index contributed by atoms with van der Waals surface area (Å²) in [5, 5.41) is 9.05. The van der Waals surface area contributed by atoms with Crippen molar-refractivity contribution in [3.05, 3.63) is 77.3 Å². The highest BCUT2D eigenvalue weighted by Crippen LogP contribution is 2.20. The summed E-state index contributed by atoms with van der Waals surface area (Å²) in [6.07, 6.45) is 2.19. The molecule has 0 saturated carbocycles. The van der Waals surface area contributed by atoms with Crippen molar-refractivity contribution in [3.8, 4) is 0 Å². The first-order valence-electron chi connectivity index (χ1n) is 8.79. The van der Waals surface area contributed by atoms with E-state index in [9.17, 15) is 4.79 Å². The Hall–Kier alpha value is -2.66. The van der Waals surface area contributed by atoms with Crippen LogP contribution in [0.3, 0.4) is 0 Å². The maximum atomic E-state index is 12.2. The summed E-state index contributed by atoms with van der Waals surface area (Å²) in [5.41, 5.74) is 3.08. The molecular formula is C21H23N3OS. The molecule has 3 rings (SSSR count). The van der Waals surface area contributed by atoms with Gasteiger partial charge in [0.25, 0.3) is 0 Å². The maximum Gasteiger partial charge on any atom is 0.226 e. The number of nitrogens with one attached hydrogen (secondary N) is 2. The van der Waals surface area contributed by atoms with Crippen molar-refractivity contribution in [1.29, 1.82) is 0 Å². The molecule has 0 aliphatic rings. The van der Waals surface area contributed by atoms with Gasteiger partial charge >= 0.3 is 0 Å². The Bertz CT molecular complexity index is 818. The van der Waals surface area contributed by atoms with Crippen molar-refractivity contribution in [2.24, 2.45) is 0 Å². The van der Waals surface area contributed by atoms with E-state index in [-0.39, 0.29) is 11.9 Å². The Morgan fingerprint density at radius 3 is 2.50 bits per heavy atom. The molecule has 0 aliphatic heterocycles. The number of benzene rings is 2. The molecule has 1 heterocycles. The van der Waals surface area contributed by atoms with Crippen LogP contribution >= 0.6 is 11.3 Å². The van der Waals surface area contributed by atoms with Gasteiger partial charge in [0.05, 0.1) is 12.1 Å². The van der Waals surface area contributed by atoms with Gasteiger partial charge < -0.3 is 10.6 Å². The van der Waals surface area contributed by atoms with Crippen LogP contribution in [0.4, 0.5) is 10.8 Å². The molecule has 0 saturated heterocycles. The number of anilines is 2. The summed E-state index contributed by atoms with van der Waals surface area (Å²) in [4.78, 5) is 16.7. The van der Waals surface area contributed by atoms with Crippen molar-refractivity contribution < 1.29 is 4.79 Å². The molecular weight excluding hydrogens is 342 g/mol. The molecule has 0 bridgehead atoms. The molecule has 134 valence electrons. The van der Waals surface area contributed by atoms with E-state index in [1.807, 2.05) is 60.8 Å². The summed E-state index contributed by atoms with van der Waals surface area (Å²) >= 11 is 1.51. The highest BCUT2D eigenvalue weighted by atomic mass is 32.1. The van der Waals surface area contributed by atoms with Crippen LogP contribution in [0.15, 0.2) is 66.0 Å². The lowest BCUT2D eigenvalue weighted by Crippen LogP contribution is -2.34. The van der Waals surface area contributed by atoms with Gasteiger partial charge in [-0.3, -0.25) is 4.79 Å². The van der Waals surface area contributed by atoms with Gasteiger partial charge in [-0.1, -0.05) is 48.5 Å². The normalized spacial score (nSPS) is 11.7. The van der Waals surface area contributed by atoms with Crippen LogP contribution in [0.2, 0.25) is 0 Å². The average molecular weight is 366 g/mol. The van der Waals surface area contributed by atoms with Crippen molar-refractivity contribution in [2.45, 2.75) is 32.2 Å². The number of hydrogen-bond acceptors (Lipinski definition) is 4. The van der Waals surface area contributed by atoms with Crippen molar-refractivity contribution in [3.63, 3.8) is 0 Å². The molecule has 0 unspecified atom stereocenters. The molecule has 0 fully saturated rings. The number of amides is 1. The van der Waals surface area contributed by atoms with Crippen LogP contribution in [-0.4, -0.2) is 16.9 Å². The number of nitrogens with zero attached hydrogens (tertiary/aromatic N) is 1. The number of aromatic nitrogens is 1. The van der Waals surface area contributed by atoms with Gasteiger partial charge in [-0.15, -0.1) is 11.3 Å². The second-order valence-corrected chi connectivity index (χ2v) is 7.16. The van der Waals surface area contributed by atoms with E-state index in [1.54, 1.807) is 0 Å². The van der Waals surface area contributed by atoms with Crippen LogP contribution in [0.5, 0.6) is 0 Å². The van der Waals surface area contributed by atoms with Gasteiger partial charge in [0.2, 0.25) is 5.91 Å². The number of thiazole rings is 1. The highest BCUT2D eigenvalue weighted by molar-refractivity contribution is 7.13. The molecule has 5 heteroatoms. The number of carbonyl (C=O) groups excluding carboxylic acids is 1. The molecule has 2 aromatic carbocycles. The van der Waals surface area contributed by atoms with Gasteiger partial charge in [-0.25, -0.2) is 4.98 Å². The molecule has 26 heavy (non-hydrogen) atoms. The van der Waals surface area contributed by atoms with Crippen molar-refractivity contribution >= 4 is 28.1 Å². The number of hydrogen-bond donors (Lipinski definition) is 2. The molecule has 0 spiro atoms. The molecule has 0 aliphatic carbocycles. The number of carbonyl (C=O) groups is 1. The quantitative estimate of drug-likeness (QED) is 0.615. The first-order valence-corrected chi connectivity index (χ1v) is 9.67. The summed E-state index contributed by atoms with van der Waals surface area (Å²) in [7, 11) is 0. The Morgan fingerprint density at radius 2 is 1.77 bits per heavy atom. The second-order valence-electron chi connectivity index (χ2n) is 6.30. The second kappa shape index (κ2) is 9.15. The summed E-state index contributed by atoms with van der Waals surface area (Å²) < 4.78 is 0. The first kappa shape index (κ1) is 18.1. The minimum absolute atomic E-state index is 0.0159. The summed E-state index contributed by atoms with van der Waals surface area (Å²) in [6.45, 7) is 2.05. The summed E-state index contributed by atoms with van der Waals surface area (Å²) in [6, 6.07) is 20.4. The third-order valence-electron chi connectivity index (χ3n) is 4.03. The van der Waals surface area contributed by atoms with Crippen LogP contribution < -0.4 is 10.6 Å². The zero-order valence-corrected chi connectivity index (χ0v) is 15.6. The van der Waals surface area contributed by atoms with E-state index in [0.29, 0.717) is 6.42 Å². The minimum Gasteiger partial charge on any atom is -0.353 e. The van der Waals surface area contributed by atoms with E-state index in [0.717, 1.165) is 29.4 Å². The van der Waals surface area contributed by atoms with Gasteiger partial charge in [0.15, 0.2) is 5.13 Å². The molecule has 1 atom stereocenters. The summed E-state index contributed by atoms with van der Waals surface area (Å²) in [5.74, 6) is 0.0159. The van der Waals surface area contributed by atoms with Gasteiger partial charge in [0.1, 0.15) is 0 Å². The lowest BCUT2D eigenvalue weighted by molar-refractivity contribution is -0.121. The van der Waals surface area contributed by atoms with Crippen LogP contribution in [0, 0.1) is 0 Å². The van der Waals surface area contributed by atoms with E-state index >= 15 is 0 Å². The van der Waals surface area contributed by atoms with Gasteiger partial charge in [0, 0.05) is 17.1 Å². The lowest BCUT2D eigenvalue weighted by atomic mass is 10.1. The largest absolute Gasteiger partial charge is 0.353 e. The third-order valence-corrected chi connectivity index (χ3v) is 4.84. The number of para-hydroxylation sites is 1. The van der Waals surface area contributed by atoms with Crippen LogP contribution in [-0.2, 0) is 17.6 Å². The van der Waals surface area contributed by atoms with Crippen molar-refractivity contribution in [2.75, 3.05) is 5.32 Å². The Labute approximate surface area is 158 Å². The Morgan fingerprint density at radius 1 is 1.08 bits per heavy atom. The molecule has 3 aromatic rings. The zero-order valence-electron chi connectivity index (χ0n) is 14.8. The molecule has 1 amide bonds. The van der Waals surface area contributed by atoms with Crippen LogP contribution in [0.25, 0.3) is 0 Å². The van der Waals surface area contributed by atoms with E-state index in [1.165, 1.54) is 16.9 Å². The minimum atomic E-state index is 0.0159. The molecule has 0 radical (unpaired) electrons. The fourth-order valence-corrected chi connectivity index (χ4v) is 3.41. The number of aryl methyl sites for hydroxylation is 1. The topological polar surface area (TPSA) is 54.0 Å². The monoisotopic (exact) mass is 365 g/mol. The average Bonchev–Trinajstić information content (AvgIpc) is 3.08. The SMILES string of the molecule is C[C@H](CCc1ccccc1)NC(=O)Cc1csc(Nc2ccccc2)n1. The standard InChI is InChI=1S/C21H23N3OS/c1-16(12-13-17-8-4-2-5-9-17)22-20(25)14-19-15-26-21(24-19)23-18-10-6-3-7-11-18/h2-11,15-16H,12-14H2,1H3,(H,22,25)(H,23,24)/t16-/m1/s1. The van der Waals surface area contributed by atoms with Crippen LogP contribution in [0.1, 0.15) is 24.6 Å². The lowest BCUT2D eigenvalue weighted by Gasteiger charge is -2.13. The molecule has 2 N–H and O–H groups in total. The zero-order chi connectivity index (χ0) is 18.2. The highest BCUT2D eigenvalue weighted by Gasteiger charge is 2.11. The third kappa shape index (κ3) is 5.70. The van der Waals surface area contributed by atoms with E-state index in [4.69, 9.17) is 0 Å². The number of rotatable bonds is 8. The molecule has 4 nitrogen and oxygen atoms in total. The fourth-order valence-electron chi connectivity index (χ4n) is 2.68.